The van der Waals surface area contributed by atoms with Crippen LogP contribution < -0.4 is 0 Å². The van der Waals surface area contributed by atoms with Gasteiger partial charge in [0.15, 0.2) is 0 Å². The highest BCUT2D eigenvalue weighted by molar-refractivity contribution is 6.06. The number of amides is 2. The summed E-state index contributed by atoms with van der Waals surface area (Å²) in [6.45, 7) is 0.688. The van der Waals surface area contributed by atoms with Gasteiger partial charge in [-0.25, -0.2) is 0 Å². The molecule has 20 heavy (non-hydrogen) atoms. The average Bonchev–Trinajstić information content (AvgIpc) is 3.04. The molecule has 4 nitrogen and oxygen atoms in total. The Kier molecular flexibility index (Phi) is 2.24. The number of aryl methyl sites for hydroxylation is 1. The van der Waals surface area contributed by atoms with E-state index in [9.17, 15) is 9.59 Å². The minimum atomic E-state index is -0.265. The molecule has 0 radical (unpaired) electrons. The molecule has 4 heteroatoms. The first-order valence-corrected chi connectivity index (χ1v) is 7.18. The second kappa shape index (κ2) is 3.70. The number of likely N-dealkylation sites (tertiary alicyclic amines) is 2. The van der Waals surface area contributed by atoms with Crippen LogP contribution in [0.25, 0.3) is 0 Å². The van der Waals surface area contributed by atoms with Crippen molar-refractivity contribution in [2.24, 2.45) is 11.8 Å². The summed E-state index contributed by atoms with van der Waals surface area (Å²) in [7, 11) is 3.68. The van der Waals surface area contributed by atoms with Gasteiger partial charge in [-0.05, 0) is 31.0 Å². The molecule has 4 rings (SSSR count). The Morgan fingerprint density at radius 1 is 1.15 bits per heavy atom. The summed E-state index contributed by atoms with van der Waals surface area (Å²) < 4.78 is 0. The quantitative estimate of drug-likeness (QED) is 0.661. The van der Waals surface area contributed by atoms with Crippen molar-refractivity contribution in [2.45, 2.75) is 18.4 Å². The molecule has 3 atom stereocenters. The van der Waals surface area contributed by atoms with Crippen LogP contribution in [0.2, 0.25) is 0 Å². The molecule has 0 bridgehead atoms. The maximum absolute atomic E-state index is 12.6. The van der Waals surface area contributed by atoms with Crippen LogP contribution in [0.3, 0.4) is 0 Å². The van der Waals surface area contributed by atoms with Crippen LogP contribution in [0.1, 0.15) is 17.5 Å². The van der Waals surface area contributed by atoms with Crippen LogP contribution in [0.15, 0.2) is 24.3 Å². The van der Waals surface area contributed by atoms with E-state index >= 15 is 0 Å². The molecule has 0 saturated carbocycles. The van der Waals surface area contributed by atoms with E-state index in [0.29, 0.717) is 6.54 Å². The van der Waals surface area contributed by atoms with Gasteiger partial charge in [0, 0.05) is 13.6 Å². The highest BCUT2D eigenvalue weighted by Crippen LogP contribution is 2.55. The molecule has 2 amide bonds. The van der Waals surface area contributed by atoms with Gasteiger partial charge in [0.1, 0.15) is 0 Å². The summed E-state index contributed by atoms with van der Waals surface area (Å²) in [6.07, 6.45) is 1.94. The summed E-state index contributed by atoms with van der Waals surface area (Å²) in [5, 5.41) is 0. The molecule has 0 aromatic heterocycles. The molecule has 1 aromatic carbocycles. The third kappa shape index (κ3) is 1.17. The fourth-order valence-corrected chi connectivity index (χ4v) is 4.64. The molecule has 2 saturated heterocycles. The first-order chi connectivity index (χ1) is 9.57. The molecule has 104 valence electrons. The van der Waals surface area contributed by atoms with Gasteiger partial charge in [0.25, 0.3) is 0 Å². The van der Waals surface area contributed by atoms with Crippen LogP contribution >= 0.6 is 0 Å². The maximum Gasteiger partial charge on any atom is 0.235 e. The number of fused-ring (bicyclic) bond motifs is 4. The van der Waals surface area contributed by atoms with Crippen LogP contribution in [0.4, 0.5) is 0 Å². The zero-order valence-corrected chi connectivity index (χ0v) is 11.8. The minimum Gasteiger partial charge on any atom is -0.295 e. The van der Waals surface area contributed by atoms with Crippen LogP contribution in [0, 0.1) is 11.8 Å². The molecule has 1 spiro atoms. The Labute approximate surface area is 118 Å². The maximum atomic E-state index is 12.6. The van der Waals surface area contributed by atoms with Crippen molar-refractivity contribution in [3.05, 3.63) is 35.4 Å². The predicted octanol–water partition coefficient (Wildman–Crippen LogP) is 1.00. The van der Waals surface area contributed by atoms with Crippen LogP contribution in [-0.4, -0.2) is 42.3 Å². The van der Waals surface area contributed by atoms with E-state index in [1.54, 1.807) is 7.05 Å². The third-order valence-corrected chi connectivity index (χ3v) is 5.57. The Hall–Kier alpha value is -1.68. The number of rotatable bonds is 0. The molecule has 1 aromatic rings. The third-order valence-electron chi connectivity index (χ3n) is 5.57. The van der Waals surface area contributed by atoms with Crippen molar-refractivity contribution in [3.8, 4) is 0 Å². The molecular weight excluding hydrogens is 252 g/mol. The summed E-state index contributed by atoms with van der Waals surface area (Å²) in [4.78, 5) is 28.5. The van der Waals surface area contributed by atoms with Gasteiger partial charge in [-0.15, -0.1) is 0 Å². The lowest BCUT2D eigenvalue weighted by molar-refractivity contribution is -0.140. The summed E-state index contributed by atoms with van der Waals surface area (Å²) >= 11 is 0. The Morgan fingerprint density at radius 2 is 1.90 bits per heavy atom. The van der Waals surface area contributed by atoms with Gasteiger partial charge in [-0.2, -0.15) is 0 Å². The Morgan fingerprint density at radius 3 is 2.70 bits per heavy atom. The summed E-state index contributed by atoms with van der Waals surface area (Å²) in [6, 6.07) is 8.38. The van der Waals surface area contributed by atoms with E-state index in [0.717, 1.165) is 12.8 Å². The predicted molar refractivity (Wildman–Crippen MR) is 73.8 cm³/mol. The zero-order valence-electron chi connectivity index (χ0n) is 11.8. The van der Waals surface area contributed by atoms with E-state index in [1.165, 1.54) is 16.0 Å². The second-order valence-corrected chi connectivity index (χ2v) is 6.28. The standard InChI is InChI=1S/C16H18N2O2/c1-17-9-11-13(15(20)18(2)14(11)19)16(17)8-7-10-5-3-4-6-12(10)16/h3-6,11,13H,7-9H2,1-2H3/t11?,13?,16-/m0/s1. The monoisotopic (exact) mass is 270 g/mol. The number of hydrogen-bond acceptors (Lipinski definition) is 3. The fourth-order valence-electron chi connectivity index (χ4n) is 4.64. The normalized spacial score (nSPS) is 36.0. The zero-order chi connectivity index (χ0) is 14.1. The topological polar surface area (TPSA) is 40.6 Å². The highest BCUT2D eigenvalue weighted by Gasteiger charge is 2.64. The number of hydrogen-bond donors (Lipinski definition) is 0. The molecule has 2 heterocycles. The van der Waals surface area contributed by atoms with Gasteiger partial charge in [0.05, 0.1) is 17.4 Å². The van der Waals surface area contributed by atoms with Crippen LogP contribution in [-0.2, 0) is 21.5 Å². The summed E-state index contributed by atoms with van der Waals surface area (Å²) in [5.41, 5.74) is 2.32. The largest absolute Gasteiger partial charge is 0.295 e. The minimum absolute atomic E-state index is 0.000975. The van der Waals surface area contributed by atoms with Gasteiger partial charge in [0.2, 0.25) is 11.8 Å². The van der Waals surface area contributed by atoms with Crippen molar-refractivity contribution in [1.29, 1.82) is 0 Å². The van der Waals surface area contributed by atoms with E-state index in [1.807, 2.05) is 6.07 Å². The number of nitrogens with zero attached hydrogens (tertiary/aromatic N) is 2. The lowest BCUT2D eigenvalue weighted by Gasteiger charge is -2.37. The molecular formula is C16H18N2O2. The van der Waals surface area contributed by atoms with E-state index < -0.39 is 0 Å². The number of carbonyl (C=O) groups is 2. The highest BCUT2D eigenvalue weighted by atomic mass is 16.2. The van der Waals surface area contributed by atoms with Crippen molar-refractivity contribution in [2.75, 3.05) is 20.6 Å². The van der Waals surface area contributed by atoms with E-state index in [-0.39, 0.29) is 29.2 Å². The van der Waals surface area contributed by atoms with Gasteiger partial charge >= 0.3 is 0 Å². The lowest BCUT2D eigenvalue weighted by Crippen LogP contribution is -2.45. The first-order valence-electron chi connectivity index (χ1n) is 7.18. The molecule has 2 unspecified atom stereocenters. The second-order valence-electron chi connectivity index (χ2n) is 6.28. The molecule has 2 fully saturated rings. The summed E-state index contributed by atoms with van der Waals surface area (Å²) in [5.74, 6) is -0.369. The first kappa shape index (κ1) is 12.1. The Bertz CT molecular complexity index is 627. The molecule has 2 aliphatic heterocycles. The van der Waals surface area contributed by atoms with Crippen LogP contribution in [0.5, 0.6) is 0 Å². The van der Waals surface area contributed by atoms with E-state index in [2.05, 4.69) is 30.1 Å². The van der Waals surface area contributed by atoms with E-state index in [4.69, 9.17) is 0 Å². The Balaban J connectivity index is 1.91. The molecule has 0 N–H and O–H groups in total. The molecule has 3 aliphatic rings. The van der Waals surface area contributed by atoms with Gasteiger partial charge in [-0.1, -0.05) is 24.3 Å². The van der Waals surface area contributed by atoms with Gasteiger partial charge in [-0.3, -0.25) is 19.4 Å². The SMILES string of the molecule is CN1C(=O)C2CN(C)[C@]3(CCc4ccccc43)C2C1=O. The number of carbonyl (C=O) groups excluding carboxylic acids is 2. The molecule has 1 aliphatic carbocycles. The van der Waals surface area contributed by atoms with Crippen molar-refractivity contribution in [3.63, 3.8) is 0 Å². The van der Waals surface area contributed by atoms with Crippen molar-refractivity contribution < 1.29 is 9.59 Å². The van der Waals surface area contributed by atoms with Gasteiger partial charge < -0.3 is 0 Å². The lowest BCUT2D eigenvalue weighted by atomic mass is 9.77. The fraction of sp³-hybridized carbons (Fsp3) is 0.500. The van der Waals surface area contributed by atoms with Crippen molar-refractivity contribution in [1.82, 2.24) is 9.80 Å². The number of imide groups is 1. The number of benzene rings is 1. The van der Waals surface area contributed by atoms with Crippen molar-refractivity contribution >= 4 is 11.8 Å². The smallest absolute Gasteiger partial charge is 0.235 e. The average molecular weight is 270 g/mol.